The van der Waals surface area contributed by atoms with Gasteiger partial charge in [-0.25, -0.2) is 0 Å². The summed E-state index contributed by atoms with van der Waals surface area (Å²) in [5.41, 5.74) is 2.56. The molecule has 2 N–H and O–H groups in total. The van der Waals surface area contributed by atoms with E-state index in [1.165, 1.54) is 16.0 Å². The van der Waals surface area contributed by atoms with Crippen LogP contribution in [0.2, 0.25) is 0 Å². The van der Waals surface area contributed by atoms with Gasteiger partial charge in [-0.2, -0.15) is 0 Å². The first-order valence-electron chi connectivity index (χ1n) is 7.50. The van der Waals surface area contributed by atoms with E-state index in [-0.39, 0.29) is 6.10 Å². The molecule has 1 aliphatic heterocycles. The second-order valence-corrected chi connectivity index (χ2v) is 6.62. The Morgan fingerprint density at radius 3 is 2.71 bits per heavy atom. The summed E-state index contributed by atoms with van der Waals surface area (Å²) in [7, 11) is 0. The van der Waals surface area contributed by atoms with Crippen LogP contribution in [0.25, 0.3) is 0 Å². The summed E-state index contributed by atoms with van der Waals surface area (Å²) in [6.07, 6.45) is 1.49. The fourth-order valence-electron chi connectivity index (χ4n) is 2.79. The number of aliphatic hydroxyl groups excluding tert-OH is 1. The van der Waals surface area contributed by atoms with Crippen molar-refractivity contribution in [1.29, 1.82) is 0 Å². The molecule has 2 unspecified atom stereocenters. The number of hydrogen-bond acceptors (Lipinski definition) is 3. The molecule has 0 amide bonds. The maximum absolute atomic E-state index is 10.2. The van der Waals surface area contributed by atoms with Crippen molar-refractivity contribution in [2.45, 2.75) is 29.9 Å². The Morgan fingerprint density at radius 2 is 1.86 bits per heavy atom. The first-order chi connectivity index (χ1) is 10.3. The Labute approximate surface area is 130 Å². The van der Waals surface area contributed by atoms with Gasteiger partial charge in [0.05, 0.1) is 6.10 Å². The molecule has 0 radical (unpaired) electrons. The van der Waals surface area contributed by atoms with Crippen LogP contribution in [0.3, 0.4) is 0 Å². The third-order valence-corrected chi connectivity index (χ3v) is 5.00. The quantitative estimate of drug-likeness (QED) is 0.887. The standard InChI is InChI=1S/C18H21NOS/c20-15(12-14-6-2-1-3-7-14)13-19-17-10-11-21-18-9-5-4-8-16(17)18/h1-9,15,17,19-20H,10-13H2. The van der Waals surface area contributed by atoms with Crippen LogP contribution in [0.4, 0.5) is 0 Å². The SMILES string of the molecule is OC(CNC1CCSc2ccccc21)Cc1ccccc1. The predicted molar refractivity (Wildman–Crippen MR) is 88.7 cm³/mol. The van der Waals surface area contributed by atoms with Crippen molar-refractivity contribution in [2.24, 2.45) is 0 Å². The fraction of sp³-hybridized carbons (Fsp3) is 0.333. The zero-order valence-electron chi connectivity index (χ0n) is 12.0. The van der Waals surface area contributed by atoms with Crippen LogP contribution in [-0.2, 0) is 6.42 Å². The summed E-state index contributed by atoms with van der Waals surface area (Å²) in [6, 6.07) is 19.1. The number of thioether (sulfide) groups is 1. The van der Waals surface area contributed by atoms with E-state index in [4.69, 9.17) is 0 Å². The van der Waals surface area contributed by atoms with Crippen molar-refractivity contribution >= 4 is 11.8 Å². The molecule has 0 aromatic heterocycles. The molecule has 0 saturated heterocycles. The van der Waals surface area contributed by atoms with E-state index in [0.29, 0.717) is 19.0 Å². The first-order valence-corrected chi connectivity index (χ1v) is 8.48. The second kappa shape index (κ2) is 7.12. The highest BCUT2D eigenvalue weighted by Crippen LogP contribution is 2.35. The third-order valence-electron chi connectivity index (χ3n) is 3.87. The lowest BCUT2D eigenvalue weighted by Crippen LogP contribution is -2.33. The number of rotatable bonds is 5. The van der Waals surface area contributed by atoms with Gasteiger partial charge in [0.25, 0.3) is 0 Å². The van der Waals surface area contributed by atoms with E-state index in [2.05, 4.69) is 41.7 Å². The van der Waals surface area contributed by atoms with Gasteiger partial charge in [0, 0.05) is 17.5 Å². The van der Waals surface area contributed by atoms with E-state index in [9.17, 15) is 5.11 Å². The minimum Gasteiger partial charge on any atom is -0.391 e. The molecule has 1 aliphatic rings. The molecule has 2 nitrogen and oxygen atoms in total. The molecule has 0 aliphatic carbocycles. The number of benzene rings is 2. The summed E-state index contributed by atoms with van der Waals surface area (Å²) >= 11 is 1.93. The van der Waals surface area contributed by atoms with E-state index >= 15 is 0 Å². The van der Waals surface area contributed by atoms with Crippen LogP contribution in [0, 0.1) is 0 Å². The molecule has 2 atom stereocenters. The monoisotopic (exact) mass is 299 g/mol. The summed E-state index contributed by atoms with van der Waals surface area (Å²) in [4.78, 5) is 1.37. The van der Waals surface area contributed by atoms with Crippen molar-refractivity contribution in [2.75, 3.05) is 12.3 Å². The van der Waals surface area contributed by atoms with Crippen LogP contribution >= 0.6 is 11.8 Å². The van der Waals surface area contributed by atoms with Crippen molar-refractivity contribution in [3.8, 4) is 0 Å². The Kier molecular flexibility index (Phi) is 4.96. The van der Waals surface area contributed by atoms with Gasteiger partial charge in [0.15, 0.2) is 0 Å². The zero-order valence-corrected chi connectivity index (χ0v) is 12.9. The lowest BCUT2D eigenvalue weighted by molar-refractivity contribution is 0.166. The summed E-state index contributed by atoms with van der Waals surface area (Å²) in [5.74, 6) is 1.14. The Hall–Kier alpha value is -1.29. The van der Waals surface area contributed by atoms with Gasteiger partial charge in [-0.3, -0.25) is 0 Å². The smallest absolute Gasteiger partial charge is 0.0705 e. The van der Waals surface area contributed by atoms with E-state index in [1.54, 1.807) is 0 Å². The lowest BCUT2D eigenvalue weighted by Gasteiger charge is -2.27. The van der Waals surface area contributed by atoms with E-state index in [0.717, 1.165) is 12.2 Å². The molecule has 0 fully saturated rings. The topological polar surface area (TPSA) is 32.3 Å². The molecule has 0 bridgehead atoms. The normalized spacial score (nSPS) is 19.0. The van der Waals surface area contributed by atoms with Crippen molar-refractivity contribution in [3.05, 3.63) is 65.7 Å². The van der Waals surface area contributed by atoms with E-state index < -0.39 is 0 Å². The first kappa shape index (κ1) is 14.6. The van der Waals surface area contributed by atoms with E-state index in [1.807, 2.05) is 30.0 Å². The predicted octanol–water partition coefficient (Wildman–Crippen LogP) is 3.42. The molecule has 2 aromatic rings. The third kappa shape index (κ3) is 3.88. The number of nitrogens with one attached hydrogen (secondary N) is 1. The highest BCUT2D eigenvalue weighted by atomic mass is 32.2. The fourth-order valence-corrected chi connectivity index (χ4v) is 3.92. The summed E-state index contributed by atoms with van der Waals surface area (Å²) < 4.78 is 0. The van der Waals surface area contributed by atoms with Gasteiger partial charge in [0.1, 0.15) is 0 Å². The highest BCUT2D eigenvalue weighted by Gasteiger charge is 2.20. The van der Waals surface area contributed by atoms with Gasteiger partial charge in [-0.1, -0.05) is 48.5 Å². The second-order valence-electron chi connectivity index (χ2n) is 5.48. The molecule has 3 heteroatoms. The van der Waals surface area contributed by atoms with Crippen molar-refractivity contribution in [3.63, 3.8) is 0 Å². The molecule has 1 heterocycles. The zero-order chi connectivity index (χ0) is 14.5. The minimum absolute atomic E-state index is 0.339. The van der Waals surface area contributed by atoms with Gasteiger partial charge in [-0.05, 0) is 35.8 Å². The van der Waals surface area contributed by atoms with Gasteiger partial charge < -0.3 is 10.4 Å². The summed E-state index contributed by atoms with van der Waals surface area (Å²) in [5, 5.41) is 13.7. The molecule has 110 valence electrons. The summed E-state index contributed by atoms with van der Waals surface area (Å²) in [6.45, 7) is 0.637. The average molecular weight is 299 g/mol. The molecule has 21 heavy (non-hydrogen) atoms. The maximum Gasteiger partial charge on any atom is 0.0705 e. The average Bonchev–Trinajstić information content (AvgIpc) is 2.54. The van der Waals surface area contributed by atoms with Crippen LogP contribution in [0.1, 0.15) is 23.6 Å². The van der Waals surface area contributed by atoms with Gasteiger partial charge >= 0.3 is 0 Å². The number of fused-ring (bicyclic) bond motifs is 1. The Bertz CT molecular complexity index is 572. The van der Waals surface area contributed by atoms with Gasteiger partial charge in [0.2, 0.25) is 0 Å². The molecule has 3 rings (SSSR count). The molecule has 2 aromatic carbocycles. The minimum atomic E-state index is -0.339. The number of hydrogen-bond donors (Lipinski definition) is 2. The van der Waals surface area contributed by atoms with Gasteiger partial charge in [-0.15, -0.1) is 11.8 Å². The van der Waals surface area contributed by atoms with Crippen molar-refractivity contribution < 1.29 is 5.11 Å². The molecule has 0 spiro atoms. The van der Waals surface area contributed by atoms with Crippen molar-refractivity contribution in [1.82, 2.24) is 5.32 Å². The van der Waals surface area contributed by atoms with Crippen LogP contribution in [0.15, 0.2) is 59.5 Å². The molecule has 0 saturated carbocycles. The number of aliphatic hydroxyl groups is 1. The Balaban J connectivity index is 1.56. The largest absolute Gasteiger partial charge is 0.391 e. The molecular formula is C18H21NOS. The maximum atomic E-state index is 10.2. The van der Waals surface area contributed by atoms with Crippen LogP contribution in [0.5, 0.6) is 0 Å². The molecular weight excluding hydrogens is 278 g/mol. The van der Waals surface area contributed by atoms with Crippen LogP contribution in [-0.4, -0.2) is 23.5 Å². The highest BCUT2D eigenvalue weighted by molar-refractivity contribution is 7.99. The lowest BCUT2D eigenvalue weighted by atomic mass is 10.0. The van der Waals surface area contributed by atoms with Crippen LogP contribution < -0.4 is 5.32 Å². The Morgan fingerprint density at radius 1 is 1.10 bits per heavy atom.